The second-order valence-corrected chi connectivity index (χ2v) is 7.02. The van der Waals surface area contributed by atoms with E-state index >= 15 is 0 Å². The van der Waals surface area contributed by atoms with Crippen molar-refractivity contribution in [3.63, 3.8) is 0 Å². The number of ether oxygens (including phenoxy) is 2. The number of benzene rings is 2. The van der Waals surface area contributed by atoms with Crippen LogP contribution in [0.1, 0.15) is 16.7 Å². The van der Waals surface area contributed by atoms with Crippen LogP contribution in [0.25, 0.3) is 0 Å². The zero-order valence-corrected chi connectivity index (χ0v) is 16.8. The molecule has 2 aromatic carbocycles. The molecule has 2 aromatic rings. The lowest BCUT2D eigenvalue weighted by Crippen LogP contribution is -2.47. The van der Waals surface area contributed by atoms with Crippen molar-refractivity contribution in [2.75, 3.05) is 57.9 Å². The van der Waals surface area contributed by atoms with E-state index in [0.717, 1.165) is 44.8 Å². The third-order valence-electron chi connectivity index (χ3n) is 5.16. The van der Waals surface area contributed by atoms with E-state index in [1.165, 1.54) is 5.56 Å². The van der Waals surface area contributed by atoms with Crippen LogP contribution in [0.4, 0.5) is 5.69 Å². The molecule has 6 nitrogen and oxygen atoms in total. The molecule has 0 N–H and O–H groups in total. The van der Waals surface area contributed by atoms with Crippen LogP contribution >= 0.6 is 0 Å². The molecule has 6 heteroatoms. The van der Waals surface area contributed by atoms with E-state index in [4.69, 9.17) is 14.7 Å². The Balaban J connectivity index is 1.52. The summed E-state index contributed by atoms with van der Waals surface area (Å²) in [7, 11) is 1.64. The lowest BCUT2D eigenvalue weighted by Gasteiger charge is -2.36. The SMILES string of the molecule is COCCOc1ccc(N2CCN(CCc3ccc(C#N)cc3)CC2)c(C#N)c1. The van der Waals surface area contributed by atoms with Gasteiger partial charge in [-0.05, 0) is 42.3 Å². The van der Waals surface area contributed by atoms with Gasteiger partial charge in [-0.2, -0.15) is 10.5 Å². The molecule has 0 bridgehead atoms. The Morgan fingerprint density at radius 2 is 1.69 bits per heavy atom. The molecule has 1 heterocycles. The molecule has 150 valence electrons. The van der Waals surface area contributed by atoms with Gasteiger partial charge >= 0.3 is 0 Å². The number of anilines is 1. The van der Waals surface area contributed by atoms with Gasteiger partial charge < -0.3 is 14.4 Å². The van der Waals surface area contributed by atoms with E-state index in [-0.39, 0.29) is 0 Å². The van der Waals surface area contributed by atoms with E-state index in [9.17, 15) is 5.26 Å². The lowest BCUT2D eigenvalue weighted by molar-refractivity contribution is 0.146. The van der Waals surface area contributed by atoms with Crippen molar-refractivity contribution in [1.82, 2.24) is 4.90 Å². The van der Waals surface area contributed by atoms with E-state index in [2.05, 4.69) is 21.9 Å². The Labute approximate surface area is 172 Å². The first-order chi connectivity index (χ1) is 14.2. The molecule has 0 unspecified atom stereocenters. The van der Waals surface area contributed by atoms with Crippen LogP contribution in [0.5, 0.6) is 5.75 Å². The fourth-order valence-electron chi connectivity index (χ4n) is 3.46. The Morgan fingerprint density at radius 1 is 0.931 bits per heavy atom. The van der Waals surface area contributed by atoms with Gasteiger partial charge in [-0.25, -0.2) is 0 Å². The molecule has 3 rings (SSSR count). The number of methoxy groups -OCH3 is 1. The van der Waals surface area contributed by atoms with Gasteiger partial charge in [0.25, 0.3) is 0 Å². The van der Waals surface area contributed by atoms with Crippen LogP contribution < -0.4 is 9.64 Å². The van der Waals surface area contributed by atoms with Crippen molar-refractivity contribution in [2.45, 2.75) is 6.42 Å². The highest BCUT2D eigenvalue weighted by Crippen LogP contribution is 2.26. The molecular formula is C23H26N4O2. The second kappa shape index (κ2) is 10.5. The molecule has 0 atom stereocenters. The predicted octanol–water partition coefficient (Wildman–Crippen LogP) is 2.82. The Kier molecular flexibility index (Phi) is 7.47. The fraction of sp³-hybridized carbons (Fsp3) is 0.391. The smallest absolute Gasteiger partial charge is 0.120 e. The number of piperazine rings is 1. The summed E-state index contributed by atoms with van der Waals surface area (Å²) in [4.78, 5) is 4.72. The third kappa shape index (κ3) is 5.71. The van der Waals surface area contributed by atoms with Gasteiger partial charge in [0.15, 0.2) is 0 Å². The summed E-state index contributed by atoms with van der Waals surface area (Å²) in [5, 5.41) is 18.4. The average molecular weight is 390 g/mol. The van der Waals surface area contributed by atoms with Crippen LogP contribution in [0.3, 0.4) is 0 Å². The number of hydrogen-bond acceptors (Lipinski definition) is 6. The second-order valence-electron chi connectivity index (χ2n) is 7.02. The fourth-order valence-corrected chi connectivity index (χ4v) is 3.46. The minimum absolute atomic E-state index is 0.471. The van der Waals surface area contributed by atoms with Gasteiger partial charge in [0.05, 0.1) is 29.5 Å². The van der Waals surface area contributed by atoms with Crippen molar-refractivity contribution in [3.05, 3.63) is 59.2 Å². The van der Waals surface area contributed by atoms with Crippen LogP contribution in [0, 0.1) is 22.7 Å². The molecule has 1 aliphatic heterocycles. The van der Waals surface area contributed by atoms with Gasteiger partial charge in [0, 0.05) is 39.8 Å². The summed E-state index contributed by atoms with van der Waals surface area (Å²) in [5.74, 6) is 0.698. The monoisotopic (exact) mass is 390 g/mol. The van der Waals surface area contributed by atoms with Gasteiger partial charge in [0.1, 0.15) is 18.4 Å². The lowest BCUT2D eigenvalue weighted by atomic mass is 10.1. The summed E-state index contributed by atoms with van der Waals surface area (Å²) in [6.45, 7) is 5.71. The van der Waals surface area contributed by atoms with Crippen LogP contribution in [-0.4, -0.2) is 57.9 Å². The maximum absolute atomic E-state index is 9.56. The van der Waals surface area contributed by atoms with Crippen LogP contribution in [0.15, 0.2) is 42.5 Å². The van der Waals surface area contributed by atoms with Crippen molar-refractivity contribution >= 4 is 5.69 Å². The molecule has 0 amide bonds. The highest BCUT2D eigenvalue weighted by atomic mass is 16.5. The van der Waals surface area contributed by atoms with E-state index in [1.807, 2.05) is 42.5 Å². The maximum atomic E-state index is 9.56. The molecule has 0 saturated carbocycles. The molecule has 29 heavy (non-hydrogen) atoms. The minimum Gasteiger partial charge on any atom is -0.491 e. The quantitative estimate of drug-likeness (QED) is 0.646. The molecular weight excluding hydrogens is 364 g/mol. The molecule has 0 radical (unpaired) electrons. The molecule has 1 fully saturated rings. The van der Waals surface area contributed by atoms with Crippen molar-refractivity contribution in [1.29, 1.82) is 10.5 Å². The van der Waals surface area contributed by atoms with Gasteiger partial charge in [-0.3, -0.25) is 4.90 Å². The summed E-state index contributed by atoms with van der Waals surface area (Å²) in [6.07, 6.45) is 0.975. The minimum atomic E-state index is 0.471. The van der Waals surface area contributed by atoms with E-state index < -0.39 is 0 Å². The van der Waals surface area contributed by atoms with Gasteiger partial charge in [0.2, 0.25) is 0 Å². The number of hydrogen-bond donors (Lipinski definition) is 0. The third-order valence-corrected chi connectivity index (χ3v) is 5.16. The summed E-state index contributed by atoms with van der Waals surface area (Å²) >= 11 is 0. The van der Waals surface area contributed by atoms with E-state index in [0.29, 0.717) is 30.1 Å². The first kappa shape index (κ1) is 20.7. The summed E-state index contributed by atoms with van der Waals surface area (Å²) in [5.41, 5.74) is 3.57. The number of rotatable bonds is 8. The van der Waals surface area contributed by atoms with Gasteiger partial charge in [-0.15, -0.1) is 0 Å². The zero-order valence-electron chi connectivity index (χ0n) is 16.8. The largest absolute Gasteiger partial charge is 0.491 e. The number of nitrogens with zero attached hydrogens (tertiary/aromatic N) is 4. The van der Waals surface area contributed by atoms with Gasteiger partial charge in [-0.1, -0.05) is 12.1 Å². The Morgan fingerprint density at radius 3 is 2.34 bits per heavy atom. The van der Waals surface area contributed by atoms with Crippen LogP contribution in [-0.2, 0) is 11.2 Å². The average Bonchev–Trinajstić information content (AvgIpc) is 2.78. The standard InChI is InChI=1S/C23H26N4O2/c1-28-14-15-29-22-6-7-23(21(16-22)18-25)27-12-10-26(11-13-27)9-8-19-2-4-20(17-24)5-3-19/h2-7,16H,8-15H2,1H3. The molecule has 0 aromatic heterocycles. The highest BCUT2D eigenvalue weighted by Gasteiger charge is 2.19. The first-order valence-electron chi connectivity index (χ1n) is 9.85. The zero-order chi connectivity index (χ0) is 20.5. The maximum Gasteiger partial charge on any atom is 0.120 e. The summed E-state index contributed by atoms with van der Waals surface area (Å²) in [6, 6.07) is 18.0. The van der Waals surface area contributed by atoms with E-state index in [1.54, 1.807) is 7.11 Å². The molecule has 0 aliphatic carbocycles. The Bertz CT molecular complexity index is 875. The first-order valence-corrected chi connectivity index (χ1v) is 9.85. The van der Waals surface area contributed by atoms with Crippen molar-refractivity contribution in [2.24, 2.45) is 0 Å². The number of nitriles is 2. The van der Waals surface area contributed by atoms with Crippen molar-refractivity contribution < 1.29 is 9.47 Å². The van der Waals surface area contributed by atoms with Crippen LogP contribution in [0.2, 0.25) is 0 Å². The molecule has 1 saturated heterocycles. The molecule has 1 aliphatic rings. The molecule has 0 spiro atoms. The summed E-state index contributed by atoms with van der Waals surface area (Å²) < 4.78 is 10.6. The normalized spacial score (nSPS) is 14.2. The highest BCUT2D eigenvalue weighted by molar-refractivity contribution is 5.62. The topological polar surface area (TPSA) is 72.5 Å². The van der Waals surface area contributed by atoms with Crippen molar-refractivity contribution in [3.8, 4) is 17.9 Å². The Hall–Kier alpha value is -3.06. The predicted molar refractivity (Wildman–Crippen MR) is 112 cm³/mol.